The highest BCUT2D eigenvalue weighted by Gasteiger charge is 2.31. The highest BCUT2D eigenvalue weighted by atomic mass is 79.9. The van der Waals surface area contributed by atoms with Gasteiger partial charge in [0.15, 0.2) is 0 Å². The minimum Gasteiger partial charge on any atom is -0.311 e. The predicted molar refractivity (Wildman–Crippen MR) is 71.4 cm³/mol. The lowest BCUT2D eigenvalue weighted by atomic mass is 10.2. The van der Waals surface area contributed by atoms with E-state index in [1.54, 1.807) is 6.20 Å². The van der Waals surface area contributed by atoms with Crippen LogP contribution in [0.5, 0.6) is 0 Å². The molecule has 0 aliphatic heterocycles. The molecule has 20 heavy (non-hydrogen) atoms. The van der Waals surface area contributed by atoms with Crippen molar-refractivity contribution in [1.82, 2.24) is 20.3 Å². The Labute approximate surface area is 122 Å². The Morgan fingerprint density at radius 3 is 2.75 bits per heavy atom. The topological polar surface area (TPSA) is 42.7 Å². The van der Waals surface area contributed by atoms with Gasteiger partial charge in [0.2, 0.25) is 0 Å². The Bertz CT molecular complexity index is 595. The molecule has 8 heteroatoms. The molecule has 0 aliphatic carbocycles. The zero-order valence-electron chi connectivity index (χ0n) is 10.6. The van der Waals surface area contributed by atoms with E-state index in [1.807, 2.05) is 6.92 Å². The van der Waals surface area contributed by atoms with Crippen LogP contribution in [0.4, 0.5) is 13.2 Å². The molecule has 0 amide bonds. The van der Waals surface area contributed by atoms with Crippen molar-refractivity contribution in [3.8, 4) is 5.69 Å². The molecule has 4 nitrogen and oxygen atoms in total. The Kier molecular flexibility index (Phi) is 4.44. The third kappa shape index (κ3) is 3.37. The van der Waals surface area contributed by atoms with Gasteiger partial charge in [0, 0.05) is 11.0 Å². The normalized spacial score (nSPS) is 11.8. The van der Waals surface area contributed by atoms with Crippen LogP contribution in [0, 0.1) is 0 Å². The molecule has 0 saturated heterocycles. The zero-order chi connectivity index (χ0) is 14.8. The lowest BCUT2D eigenvalue weighted by molar-refractivity contribution is -0.137. The van der Waals surface area contributed by atoms with E-state index in [0.717, 1.165) is 18.7 Å². The second-order valence-electron chi connectivity index (χ2n) is 4.10. The maximum atomic E-state index is 12.7. The smallest absolute Gasteiger partial charge is 0.311 e. The van der Waals surface area contributed by atoms with Crippen molar-refractivity contribution in [2.45, 2.75) is 19.6 Å². The third-order valence-electron chi connectivity index (χ3n) is 2.62. The zero-order valence-corrected chi connectivity index (χ0v) is 12.2. The minimum absolute atomic E-state index is 0.301. The van der Waals surface area contributed by atoms with E-state index in [-0.39, 0.29) is 0 Å². The molecule has 0 fully saturated rings. The first-order valence-electron chi connectivity index (χ1n) is 5.91. The van der Waals surface area contributed by atoms with E-state index in [4.69, 9.17) is 0 Å². The van der Waals surface area contributed by atoms with E-state index < -0.39 is 11.7 Å². The van der Waals surface area contributed by atoms with Gasteiger partial charge in [-0.25, -0.2) is 4.68 Å². The Hall–Kier alpha value is -1.41. The number of hydrogen-bond acceptors (Lipinski definition) is 3. The molecule has 0 radical (unpaired) electrons. The van der Waals surface area contributed by atoms with Crippen LogP contribution in [-0.2, 0) is 12.7 Å². The molecule has 0 unspecified atom stereocenters. The molecule has 1 N–H and O–H groups in total. The van der Waals surface area contributed by atoms with E-state index >= 15 is 0 Å². The van der Waals surface area contributed by atoms with Crippen molar-refractivity contribution in [1.29, 1.82) is 0 Å². The van der Waals surface area contributed by atoms with Crippen molar-refractivity contribution >= 4 is 15.9 Å². The molecule has 2 aromatic rings. The first-order chi connectivity index (χ1) is 9.41. The summed E-state index contributed by atoms with van der Waals surface area (Å²) in [5.41, 5.74) is 0.241. The van der Waals surface area contributed by atoms with Crippen molar-refractivity contribution in [2.24, 2.45) is 0 Å². The van der Waals surface area contributed by atoms with E-state index in [1.165, 1.54) is 10.7 Å². The summed E-state index contributed by atoms with van der Waals surface area (Å²) in [6, 6.07) is 3.41. The van der Waals surface area contributed by atoms with Gasteiger partial charge >= 0.3 is 6.18 Å². The summed E-state index contributed by atoms with van der Waals surface area (Å²) in [5.74, 6) is 0. The summed E-state index contributed by atoms with van der Waals surface area (Å²) in [5, 5.41) is 10.8. The monoisotopic (exact) mass is 348 g/mol. The third-order valence-corrected chi connectivity index (χ3v) is 3.29. The molecule has 0 atom stereocenters. The summed E-state index contributed by atoms with van der Waals surface area (Å²) in [4.78, 5) is 0. The fraction of sp³-hybridized carbons (Fsp3) is 0.333. The Morgan fingerprint density at radius 2 is 2.10 bits per heavy atom. The second kappa shape index (κ2) is 5.92. The van der Waals surface area contributed by atoms with Crippen molar-refractivity contribution in [3.63, 3.8) is 0 Å². The molecule has 0 aliphatic rings. The van der Waals surface area contributed by atoms with Gasteiger partial charge in [-0.15, -0.1) is 5.10 Å². The largest absolute Gasteiger partial charge is 0.416 e. The van der Waals surface area contributed by atoms with Crippen LogP contribution in [0.3, 0.4) is 0 Å². The highest BCUT2D eigenvalue weighted by molar-refractivity contribution is 9.10. The molecule has 0 spiro atoms. The molecular formula is C12H12BrF3N4. The maximum absolute atomic E-state index is 12.7. The van der Waals surface area contributed by atoms with Crippen molar-refractivity contribution in [2.75, 3.05) is 6.54 Å². The average molecular weight is 349 g/mol. The second-order valence-corrected chi connectivity index (χ2v) is 4.95. The van der Waals surface area contributed by atoms with Gasteiger partial charge in [0.25, 0.3) is 0 Å². The molecule has 1 aromatic carbocycles. The number of benzene rings is 1. The fourth-order valence-electron chi connectivity index (χ4n) is 1.61. The quantitative estimate of drug-likeness (QED) is 0.922. The highest BCUT2D eigenvalue weighted by Crippen LogP contribution is 2.32. The molecular weight excluding hydrogens is 337 g/mol. The summed E-state index contributed by atoms with van der Waals surface area (Å²) in [7, 11) is 0. The lowest BCUT2D eigenvalue weighted by Crippen LogP contribution is -2.11. The first kappa shape index (κ1) is 15.0. The van der Waals surface area contributed by atoms with Gasteiger partial charge in [0.1, 0.15) is 0 Å². The predicted octanol–water partition coefficient (Wildman–Crippen LogP) is 3.16. The van der Waals surface area contributed by atoms with Crippen LogP contribution in [0.15, 0.2) is 28.9 Å². The van der Waals surface area contributed by atoms with Crippen molar-refractivity contribution in [3.05, 3.63) is 40.1 Å². The Morgan fingerprint density at radius 1 is 1.35 bits per heavy atom. The molecule has 0 saturated carbocycles. The van der Waals surface area contributed by atoms with Gasteiger partial charge in [-0.2, -0.15) is 13.2 Å². The number of nitrogens with one attached hydrogen (secondary N) is 1. The number of hydrogen-bond donors (Lipinski definition) is 1. The van der Waals surface area contributed by atoms with Gasteiger partial charge in [-0.1, -0.05) is 12.1 Å². The summed E-state index contributed by atoms with van der Waals surface area (Å²) >= 11 is 3.22. The van der Waals surface area contributed by atoms with Crippen LogP contribution < -0.4 is 5.32 Å². The Balaban J connectivity index is 2.34. The lowest BCUT2D eigenvalue weighted by Gasteiger charge is -2.10. The summed E-state index contributed by atoms with van der Waals surface area (Å²) in [6.07, 6.45) is -2.79. The van der Waals surface area contributed by atoms with Crippen molar-refractivity contribution < 1.29 is 13.2 Å². The standard InChI is InChI=1S/C12H12BrF3N4/c1-2-17-6-9-7-20(19-18-9)11-5-8(12(14,15)16)3-4-10(11)13/h3-5,7,17H,2,6H2,1H3. The number of alkyl halides is 3. The number of aromatic nitrogens is 3. The molecule has 108 valence electrons. The van der Waals surface area contributed by atoms with Gasteiger partial charge < -0.3 is 5.32 Å². The van der Waals surface area contributed by atoms with Crippen LogP contribution in [0.25, 0.3) is 5.69 Å². The fourth-order valence-corrected chi connectivity index (χ4v) is 2.04. The summed E-state index contributed by atoms with van der Waals surface area (Å²) < 4.78 is 40.0. The number of halogens is 4. The van der Waals surface area contributed by atoms with Crippen LogP contribution in [0.1, 0.15) is 18.2 Å². The van der Waals surface area contributed by atoms with E-state index in [2.05, 4.69) is 31.6 Å². The maximum Gasteiger partial charge on any atom is 0.416 e. The number of nitrogens with zero attached hydrogens (tertiary/aromatic N) is 3. The molecule has 1 aromatic heterocycles. The van der Waals surface area contributed by atoms with Crippen LogP contribution in [0.2, 0.25) is 0 Å². The van der Waals surface area contributed by atoms with E-state index in [0.29, 0.717) is 22.4 Å². The van der Waals surface area contributed by atoms with E-state index in [9.17, 15) is 13.2 Å². The first-order valence-corrected chi connectivity index (χ1v) is 6.70. The molecule has 2 rings (SSSR count). The molecule has 0 bridgehead atoms. The van der Waals surface area contributed by atoms with Gasteiger partial charge in [-0.3, -0.25) is 0 Å². The SMILES string of the molecule is CCNCc1cn(-c2cc(C(F)(F)F)ccc2Br)nn1. The summed E-state index contributed by atoms with van der Waals surface area (Å²) in [6.45, 7) is 3.25. The molecule has 1 heterocycles. The average Bonchev–Trinajstić information content (AvgIpc) is 2.84. The van der Waals surface area contributed by atoms with Gasteiger partial charge in [-0.05, 0) is 40.7 Å². The van der Waals surface area contributed by atoms with Crippen LogP contribution >= 0.6 is 15.9 Å². The van der Waals surface area contributed by atoms with Crippen LogP contribution in [-0.4, -0.2) is 21.5 Å². The van der Waals surface area contributed by atoms with Gasteiger partial charge in [0.05, 0.1) is 23.1 Å². The minimum atomic E-state index is -4.39. The number of rotatable bonds is 4.